The van der Waals surface area contributed by atoms with Gasteiger partial charge in [0, 0.05) is 24.7 Å². The lowest BCUT2D eigenvalue weighted by Crippen LogP contribution is -2.47. The topological polar surface area (TPSA) is 41.6 Å². The summed E-state index contributed by atoms with van der Waals surface area (Å²) in [7, 11) is 1.70. The van der Waals surface area contributed by atoms with Crippen LogP contribution in [-0.4, -0.2) is 32.1 Å². The van der Waals surface area contributed by atoms with Crippen molar-refractivity contribution >= 4 is 11.6 Å². The van der Waals surface area contributed by atoms with E-state index in [1.165, 1.54) is 5.56 Å². The minimum absolute atomic E-state index is 0.00924. The molecule has 0 aliphatic carbocycles. The van der Waals surface area contributed by atoms with Crippen molar-refractivity contribution in [2.45, 2.75) is 32.7 Å². The predicted molar refractivity (Wildman–Crippen MR) is 102 cm³/mol. The van der Waals surface area contributed by atoms with Crippen LogP contribution in [0.1, 0.15) is 34.3 Å². The highest BCUT2D eigenvalue weighted by Gasteiger charge is 2.23. The number of ether oxygens (including phenoxy) is 1. The molecule has 132 valence electrons. The Balaban J connectivity index is 1.69. The monoisotopic (exact) mass is 338 g/mol. The number of nitrogens with one attached hydrogen (secondary N) is 1. The summed E-state index contributed by atoms with van der Waals surface area (Å²) in [6.45, 7) is 5.88. The normalized spacial score (nSPS) is 17.2. The molecule has 1 aliphatic rings. The van der Waals surface area contributed by atoms with Crippen molar-refractivity contribution in [2.75, 3.05) is 25.1 Å². The molecule has 0 spiro atoms. The lowest BCUT2D eigenvalue weighted by Gasteiger charge is -2.35. The summed E-state index contributed by atoms with van der Waals surface area (Å²) in [5.41, 5.74) is 4.18. The number of carbonyl (C=O) groups is 1. The Hall–Kier alpha value is -2.49. The summed E-state index contributed by atoms with van der Waals surface area (Å²) < 4.78 is 5.48. The second-order valence-corrected chi connectivity index (χ2v) is 6.73. The summed E-state index contributed by atoms with van der Waals surface area (Å²) in [5.74, 6) is 0.888. The van der Waals surface area contributed by atoms with Crippen LogP contribution in [0.2, 0.25) is 0 Å². The molecule has 1 unspecified atom stereocenters. The zero-order chi connectivity index (χ0) is 17.8. The maximum atomic E-state index is 12.6. The van der Waals surface area contributed by atoms with Crippen LogP contribution in [0.25, 0.3) is 0 Å². The summed E-state index contributed by atoms with van der Waals surface area (Å²) in [4.78, 5) is 14.9. The molecule has 25 heavy (non-hydrogen) atoms. The van der Waals surface area contributed by atoms with Crippen molar-refractivity contribution in [2.24, 2.45) is 0 Å². The van der Waals surface area contributed by atoms with Crippen LogP contribution in [-0.2, 0) is 0 Å². The van der Waals surface area contributed by atoms with Crippen molar-refractivity contribution in [1.29, 1.82) is 0 Å². The Bertz CT molecular complexity index is 757. The highest BCUT2D eigenvalue weighted by Crippen LogP contribution is 2.29. The summed E-state index contributed by atoms with van der Waals surface area (Å²) in [6.07, 6.45) is 2.05. The summed E-state index contributed by atoms with van der Waals surface area (Å²) >= 11 is 0. The minimum Gasteiger partial charge on any atom is -0.495 e. The van der Waals surface area contributed by atoms with E-state index in [1.807, 2.05) is 43.3 Å². The molecule has 0 radical (unpaired) electrons. The molecule has 2 aromatic rings. The van der Waals surface area contributed by atoms with Gasteiger partial charge in [-0.15, -0.1) is 0 Å². The Morgan fingerprint density at radius 3 is 2.72 bits per heavy atom. The SMILES string of the molecule is COc1ccccc1N1CCCC(NC(=O)c2ccc(C)c(C)c2)C1. The molecule has 0 saturated carbocycles. The molecule has 1 atom stereocenters. The van der Waals surface area contributed by atoms with E-state index in [4.69, 9.17) is 4.74 Å². The van der Waals surface area contributed by atoms with Crippen LogP contribution >= 0.6 is 0 Å². The third-order valence-corrected chi connectivity index (χ3v) is 4.95. The van der Waals surface area contributed by atoms with Crippen LogP contribution < -0.4 is 15.0 Å². The van der Waals surface area contributed by atoms with Crippen LogP contribution in [0.4, 0.5) is 5.69 Å². The van der Waals surface area contributed by atoms with Crippen molar-refractivity contribution in [1.82, 2.24) is 5.32 Å². The molecule has 0 aromatic heterocycles. The molecule has 1 aliphatic heterocycles. The molecule has 1 saturated heterocycles. The van der Waals surface area contributed by atoms with E-state index in [2.05, 4.69) is 23.2 Å². The number of para-hydroxylation sites is 2. The van der Waals surface area contributed by atoms with Crippen LogP contribution in [0.15, 0.2) is 42.5 Å². The first-order chi connectivity index (χ1) is 12.1. The number of aryl methyl sites for hydroxylation is 2. The molecule has 1 fully saturated rings. The van der Waals surface area contributed by atoms with Crippen molar-refractivity contribution < 1.29 is 9.53 Å². The first-order valence-corrected chi connectivity index (χ1v) is 8.84. The van der Waals surface area contributed by atoms with E-state index >= 15 is 0 Å². The zero-order valence-electron chi connectivity index (χ0n) is 15.2. The molecule has 1 N–H and O–H groups in total. The molecular weight excluding hydrogens is 312 g/mol. The maximum Gasteiger partial charge on any atom is 0.251 e. The number of hydrogen-bond acceptors (Lipinski definition) is 3. The number of benzene rings is 2. The maximum absolute atomic E-state index is 12.6. The third-order valence-electron chi connectivity index (χ3n) is 4.95. The number of amides is 1. The van der Waals surface area contributed by atoms with Gasteiger partial charge >= 0.3 is 0 Å². The standard InChI is InChI=1S/C21H26N2O2/c1-15-10-11-17(13-16(15)2)21(24)22-18-7-6-12-23(14-18)19-8-4-5-9-20(19)25-3/h4-5,8-11,13,18H,6-7,12,14H2,1-3H3,(H,22,24). The van der Waals surface area contributed by atoms with Crippen LogP contribution in [0.3, 0.4) is 0 Å². The van der Waals surface area contributed by atoms with Crippen LogP contribution in [0.5, 0.6) is 5.75 Å². The largest absolute Gasteiger partial charge is 0.495 e. The smallest absolute Gasteiger partial charge is 0.251 e. The van der Waals surface area contributed by atoms with Gasteiger partial charge in [-0.25, -0.2) is 0 Å². The fourth-order valence-corrected chi connectivity index (χ4v) is 3.36. The van der Waals surface area contributed by atoms with Crippen molar-refractivity contribution in [3.05, 3.63) is 59.2 Å². The average Bonchev–Trinajstić information content (AvgIpc) is 2.64. The lowest BCUT2D eigenvalue weighted by atomic mass is 10.0. The quantitative estimate of drug-likeness (QED) is 0.924. The van der Waals surface area contributed by atoms with Gasteiger partial charge in [-0.1, -0.05) is 18.2 Å². The van der Waals surface area contributed by atoms with E-state index in [0.717, 1.165) is 48.5 Å². The van der Waals surface area contributed by atoms with Crippen molar-refractivity contribution in [3.8, 4) is 5.75 Å². The second-order valence-electron chi connectivity index (χ2n) is 6.73. The molecule has 3 rings (SSSR count). The third kappa shape index (κ3) is 3.95. The van der Waals surface area contributed by atoms with Gasteiger partial charge in [-0.2, -0.15) is 0 Å². The average molecular weight is 338 g/mol. The molecule has 4 heteroatoms. The van der Waals surface area contributed by atoms with Gasteiger partial charge in [0.15, 0.2) is 0 Å². The Morgan fingerprint density at radius 2 is 1.96 bits per heavy atom. The van der Waals surface area contributed by atoms with Gasteiger partial charge in [0.05, 0.1) is 12.8 Å². The van der Waals surface area contributed by atoms with E-state index in [-0.39, 0.29) is 11.9 Å². The highest BCUT2D eigenvalue weighted by atomic mass is 16.5. The second kappa shape index (κ2) is 7.60. The minimum atomic E-state index is 0.00924. The van der Waals surface area contributed by atoms with Gasteiger partial charge in [0.25, 0.3) is 5.91 Å². The van der Waals surface area contributed by atoms with Gasteiger partial charge in [0.2, 0.25) is 0 Å². The van der Waals surface area contributed by atoms with Gasteiger partial charge in [-0.05, 0) is 62.1 Å². The van der Waals surface area contributed by atoms with E-state index in [1.54, 1.807) is 7.11 Å². The number of anilines is 1. The predicted octanol–water partition coefficient (Wildman–Crippen LogP) is 3.71. The highest BCUT2D eigenvalue weighted by molar-refractivity contribution is 5.94. The summed E-state index contributed by atoms with van der Waals surface area (Å²) in [5, 5.41) is 3.20. The fraction of sp³-hybridized carbons (Fsp3) is 0.381. The first kappa shape index (κ1) is 17.3. The molecule has 0 bridgehead atoms. The number of methoxy groups -OCH3 is 1. The zero-order valence-corrected chi connectivity index (χ0v) is 15.2. The van der Waals surface area contributed by atoms with E-state index < -0.39 is 0 Å². The Morgan fingerprint density at radius 1 is 1.16 bits per heavy atom. The van der Waals surface area contributed by atoms with E-state index in [9.17, 15) is 4.79 Å². The van der Waals surface area contributed by atoms with Gasteiger partial charge < -0.3 is 15.0 Å². The number of carbonyl (C=O) groups excluding carboxylic acids is 1. The fourth-order valence-electron chi connectivity index (χ4n) is 3.36. The van der Waals surface area contributed by atoms with Gasteiger partial charge in [-0.3, -0.25) is 4.79 Å². The lowest BCUT2D eigenvalue weighted by molar-refractivity contribution is 0.0933. The summed E-state index contributed by atoms with van der Waals surface area (Å²) in [6, 6.07) is 14.1. The molecular formula is C21H26N2O2. The number of hydrogen-bond donors (Lipinski definition) is 1. The molecule has 2 aromatic carbocycles. The first-order valence-electron chi connectivity index (χ1n) is 8.84. The van der Waals surface area contributed by atoms with Gasteiger partial charge in [0.1, 0.15) is 5.75 Å². The molecule has 1 amide bonds. The number of piperidine rings is 1. The number of rotatable bonds is 4. The Labute approximate surface area is 149 Å². The molecule has 1 heterocycles. The molecule has 4 nitrogen and oxygen atoms in total. The van der Waals surface area contributed by atoms with Crippen LogP contribution in [0, 0.1) is 13.8 Å². The van der Waals surface area contributed by atoms with E-state index in [0.29, 0.717) is 0 Å². The number of nitrogens with zero attached hydrogens (tertiary/aromatic N) is 1. The Kier molecular flexibility index (Phi) is 5.27. The van der Waals surface area contributed by atoms with Crippen molar-refractivity contribution in [3.63, 3.8) is 0 Å².